The Balaban J connectivity index is 2.72. The predicted octanol–water partition coefficient (Wildman–Crippen LogP) is 1.24. The Morgan fingerprint density at radius 3 is 2.75 bits per heavy atom. The van der Waals surface area contributed by atoms with Gasteiger partial charge in [-0.1, -0.05) is 13.8 Å². The van der Waals surface area contributed by atoms with E-state index in [1.54, 1.807) is 6.07 Å². The van der Waals surface area contributed by atoms with Gasteiger partial charge in [0.15, 0.2) is 0 Å². The Labute approximate surface area is 95.2 Å². The summed E-state index contributed by atoms with van der Waals surface area (Å²) in [5.74, 6) is 0.252. The summed E-state index contributed by atoms with van der Waals surface area (Å²) in [6.07, 6.45) is 3.08. The second kappa shape index (κ2) is 5.42. The normalized spacial score (nSPS) is 10.9. The molecule has 5 heteroatoms. The van der Waals surface area contributed by atoms with E-state index in [1.165, 1.54) is 6.20 Å². The number of nitrogens with two attached hydrogens (primary N) is 1. The minimum absolute atomic E-state index is 0.252. The van der Waals surface area contributed by atoms with Crippen LogP contribution in [0.1, 0.15) is 32.3 Å². The highest BCUT2D eigenvalue weighted by molar-refractivity contribution is 5.35. The first-order chi connectivity index (χ1) is 7.65. The number of aromatic nitrogens is 2. The zero-order valence-corrected chi connectivity index (χ0v) is 9.60. The monoisotopic (exact) mass is 220 g/mol. The van der Waals surface area contributed by atoms with Crippen LogP contribution in [0.25, 0.3) is 0 Å². The zero-order chi connectivity index (χ0) is 12.0. The summed E-state index contributed by atoms with van der Waals surface area (Å²) in [5.41, 5.74) is 6.09. The third-order valence-electron chi connectivity index (χ3n) is 2.71. The molecule has 2 N–H and O–H groups in total. The van der Waals surface area contributed by atoms with E-state index in [0.29, 0.717) is 12.2 Å². The Hall–Kier alpha value is -1.67. The van der Waals surface area contributed by atoms with Gasteiger partial charge in [0.25, 0.3) is 5.88 Å². The van der Waals surface area contributed by atoms with Crippen molar-refractivity contribution in [1.29, 1.82) is 5.26 Å². The number of ether oxygens (including phenoxy) is 1. The van der Waals surface area contributed by atoms with Gasteiger partial charge in [-0.25, -0.2) is 0 Å². The minimum Gasteiger partial charge on any atom is -0.474 e. The number of nitriles is 1. The van der Waals surface area contributed by atoms with Crippen molar-refractivity contribution in [1.82, 2.24) is 10.2 Å². The fraction of sp³-hybridized carbons (Fsp3) is 0.545. The van der Waals surface area contributed by atoms with Gasteiger partial charge < -0.3 is 10.5 Å². The fourth-order valence-corrected chi connectivity index (χ4v) is 1.18. The zero-order valence-electron chi connectivity index (χ0n) is 9.60. The summed E-state index contributed by atoms with van der Waals surface area (Å²) in [4.78, 5) is 0. The van der Waals surface area contributed by atoms with Gasteiger partial charge in [-0.15, -0.1) is 5.10 Å². The van der Waals surface area contributed by atoms with E-state index in [2.05, 4.69) is 10.2 Å². The van der Waals surface area contributed by atoms with Crippen LogP contribution < -0.4 is 10.5 Å². The molecule has 1 aromatic heterocycles. The first kappa shape index (κ1) is 12.4. The topological polar surface area (TPSA) is 84.8 Å². The van der Waals surface area contributed by atoms with Gasteiger partial charge in [0.1, 0.15) is 18.2 Å². The maximum Gasteiger partial charge on any atom is 0.251 e. The molecule has 5 nitrogen and oxygen atoms in total. The SMILES string of the molecule is CCC(N)(CC)COc1nnccc1C#N. The molecule has 0 unspecified atom stereocenters. The lowest BCUT2D eigenvalue weighted by Gasteiger charge is -2.26. The first-order valence-electron chi connectivity index (χ1n) is 5.28. The van der Waals surface area contributed by atoms with E-state index in [4.69, 9.17) is 15.7 Å². The third kappa shape index (κ3) is 2.91. The Morgan fingerprint density at radius 2 is 2.19 bits per heavy atom. The molecule has 86 valence electrons. The van der Waals surface area contributed by atoms with Crippen LogP contribution in [-0.4, -0.2) is 22.3 Å². The second-order valence-electron chi connectivity index (χ2n) is 3.72. The van der Waals surface area contributed by atoms with Crippen molar-refractivity contribution < 1.29 is 4.74 Å². The largest absolute Gasteiger partial charge is 0.474 e. The maximum absolute atomic E-state index is 8.83. The maximum atomic E-state index is 8.83. The van der Waals surface area contributed by atoms with E-state index in [0.717, 1.165) is 12.8 Å². The molecule has 0 saturated carbocycles. The summed E-state index contributed by atoms with van der Waals surface area (Å²) < 4.78 is 5.45. The van der Waals surface area contributed by atoms with Gasteiger partial charge >= 0.3 is 0 Å². The first-order valence-corrected chi connectivity index (χ1v) is 5.28. The highest BCUT2D eigenvalue weighted by Crippen LogP contribution is 2.16. The average molecular weight is 220 g/mol. The van der Waals surface area contributed by atoms with Crippen LogP contribution in [0.4, 0.5) is 0 Å². The summed E-state index contributed by atoms with van der Waals surface area (Å²) in [6, 6.07) is 3.57. The molecule has 0 aromatic carbocycles. The number of rotatable bonds is 5. The van der Waals surface area contributed by atoms with Gasteiger partial charge in [-0.2, -0.15) is 10.4 Å². The van der Waals surface area contributed by atoms with Crippen LogP contribution in [0.2, 0.25) is 0 Å². The van der Waals surface area contributed by atoms with Crippen molar-refractivity contribution in [2.75, 3.05) is 6.61 Å². The van der Waals surface area contributed by atoms with E-state index in [-0.39, 0.29) is 11.4 Å². The summed E-state index contributed by atoms with van der Waals surface area (Å²) in [7, 11) is 0. The number of hydrogen-bond acceptors (Lipinski definition) is 5. The molecule has 0 aliphatic rings. The molecular weight excluding hydrogens is 204 g/mol. The Morgan fingerprint density at radius 1 is 1.50 bits per heavy atom. The lowest BCUT2D eigenvalue weighted by Crippen LogP contribution is -2.44. The summed E-state index contributed by atoms with van der Waals surface area (Å²) in [6.45, 7) is 4.36. The molecule has 0 atom stereocenters. The molecule has 16 heavy (non-hydrogen) atoms. The summed E-state index contributed by atoms with van der Waals surface area (Å²) >= 11 is 0. The lowest BCUT2D eigenvalue weighted by molar-refractivity contribution is 0.198. The van der Waals surface area contributed by atoms with Crippen molar-refractivity contribution in [3.63, 3.8) is 0 Å². The lowest BCUT2D eigenvalue weighted by atomic mass is 9.96. The molecule has 0 aliphatic carbocycles. The predicted molar refractivity (Wildman–Crippen MR) is 59.7 cm³/mol. The molecule has 0 fully saturated rings. The van der Waals surface area contributed by atoms with E-state index < -0.39 is 0 Å². The molecule has 0 saturated heterocycles. The van der Waals surface area contributed by atoms with Crippen LogP contribution >= 0.6 is 0 Å². The highest BCUT2D eigenvalue weighted by atomic mass is 16.5. The average Bonchev–Trinajstić information content (AvgIpc) is 2.36. The quantitative estimate of drug-likeness (QED) is 0.807. The molecular formula is C11H16N4O. The van der Waals surface area contributed by atoms with Gasteiger partial charge in [0.2, 0.25) is 0 Å². The second-order valence-corrected chi connectivity index (χ2v) is 3.72. The van der Waals surface area contributed by atoms with Crippen molar-refractivity contribution in [2.45, 2.75) is 32.2 Å². The summed E-state index contributed by atoms with van der Waals surface area (Å²) in [5, 5.41) is 16.3. The van der Waals surface area contributed by atoms with Crippen LogP contribution in [0.3, 0.4) is 0 Å². The minimum atomic E-state index is -0.371. The third-order valence-corrected chi connectivity index (χ3v) is 2.71. The Kier molecular flexibility index (Phi) is 4.20. The van der Waals surface area contributed by atoms with Gasteiger partial charge in [-0.05, 0) is 18.9 Å². The molecule has 1 rings (SSSR count). The smallest absolute Gasteiger partial charge is 0.251 e. The number of hydrogen-bond donors (Lipinski definition) is 1. The van der Waals surface area contributed by atoms with Crippen LogP contribution in [0.15, 0.2) is 12.3 Å². The molecule has 1 heterocycles. The van der Waals surface area contributed by atoms with Crippen molar-refractivity contribution in [3.05, 3.63) is 17.8 Å². The molecule has 1 aromatic rings. The standard InChI is InChI=1S/C11H16N4O/c1-3-11(13,4-2)8-16-10-9(7-12)5-6-14-15-10/h5-6H,3-4,8,13H2,1-2H3. The molecule has 0 aliphatic heterocycles. The van der Waals surface area contributed by atoms with E-state index in [9.17, 15) is 0 Å². The van der Waals surface area contributed by atoms with Crippen molar-refractivity contribution in [3.8, 4) is 11.9 Å². The molecule has 0 amide bonds. The van der Waals surface area contributed by atoms with Crippen molar-refractivity contribution >= 4 is 0 Å². The Bertz CT molecular complexity index is 382. The van der Waals surface area contributed by atoms with Crippen LogP contribution in [0, 0.1) is 11.3 Å². The molecule has 0 spiro atoms. The van der Waals surface area contributed by atoms with Crippen LogP contribution in [-0.2, 0) is 0 Å². The van der Waals surface area contributed by atoms with Gasteiger partial charge in [0.05, 0.1) is 6.20 Å². The van der Waals surface area contributed by atoms with Gasteiger partial charge in [0, 0.05) is 5.54 Å². The highest BCUT2D eigenvalue weighted by Gasteiger charge is 2.22. The molecule has 0 bridgehead atoms. The number of nitrogens with zero attached hydrogens (tertiary/aromatic N) is 3. The molecule has 0 radical (unpaired) electrons. The van der Waals surface area contributed by atoms with E-state index in [1.807, 2.05) is 19.9 Å². The fourth-order valence-electron chi connectivity index (χ4n) is 1.18. The van der Waals surface area contributed by atoms with E-state index >= 15 is 0 Å². The van der Waals surface area contributed by atoms with Crippen LogP contribution in [0.5, 0.6) is 5.88 Å². The van der Waals surface area contributed by atoms with Crippen molar-refractivity contribution in [2.24, 2.45) is 5.73 Å². The van der Waals surface area contributed by atoms with Gasteiger partial charge in [-0.3, -0.25) is 0 Å².